The van der Waals surface area contributed by atoms with Crippen LogP contribution in [0.4, 0.5) is 5.69 Å². The third-order valence-corrected chi connectivity index (χ3v) is 3.29. The lowest BCUT2D eigenvalue weighted by molar-refractivity contribution is 0.102. The Kier molecular flexibility index (Phi) is 4.58. The first kappa shape index (κ1) is 15.8. The summed E-state index contributed by atoms with van der Waals surface area (Å²) >= 11 is 5.86. The number of amides is 1. The largest absolute Gasteiger partial charge is 0.507 e. The van der Waals surface area contributed by atoms with Crippen molar-refractivity contribution >= 4 is 23.2 Å². The van der Waals surface area contributed by atoms with E-state index in [4.69, 9.17) is 16.3 Å². The second-order valence-corrected chi connectivity index (χ2v) is 5.23. The van der Waals surface area contributed by atoms with Gasteiger partial charge in [-0.05, 0) is 30.3 Å². The molecule has 3 rings (SSSR count). The summed E-state index contributed by atoms with van der Waals surface area (Å²) in [5.41, 5.74) is 0.587. The van der Waals surface area contributed by atoms with Gasteiger partial charge < -0.3 is 15.2 Å². The molecular formula is C17H12ClN3O3. The van der Waals surface area contributed by atoms with Crippen LogP contribution in [0.15, 0.2) is 61.1 Å². The van der Waals surface area contributed by atoms with Gasteiger partial charge in [0, 0.05) is 29.2 Å². The average molecular weight is 342 g/mol. The van der Waals surface area contributed by atoms with Crippen LogP contribution in [-0.2, 0) is 0 Å². The van der Waals surface area contributed by atoms with E-state index in [9.17, 15) is 9.90 Å². The Hall–Kier alpha value is -3.12. The number of anilines is 1. The lowest BCUT2D eigenvalue weighted by Crippen LogP contribution is -2.12. The second kappa shape index (κ2) is 6.97. The minimum atomic E-state index is -0.480. The van der Waals surface area contributed by atoms with Crippen LogP contribution in [0.3, 0.4) is 0 Å². The monoisotopic (exact) mass is 341 g/mol. The van der Waals surface area contributed by atoms with Gasteiger partial charge in [-0.15, -0.1) is 0 Å². The number of hydrogen-bond donors (Lipinski definition) is 2. The fourth-order valence-corrected chi connectivity index (χ4v) is 2.16. The first-order valence-corrected chi connectivity index (χ1v) is 7.33. The van der Waals surface area contributed by atoms with E-state index in [2.05, 4.69) is 15.3 Å². The molecule has 0 aliphatic rings. The zero-order valence-electron chi connectivity index (χ0n) is 12.3. The summed E-state index contributed by atoms with van der Waals surface area (Å²) in [6.45, 7) is 0. The molecule has 0 fully saturated rings. The van der Waals surface area contributed by atoms with Gasteiger partial charge >= 0.3 is 0 Å². The maximum Gasteiger partial charge on any atom is 0.259 e. The van der Waals surface area contributed by atoms with E-state index in [1.165, 1.54) is 30.6 Å². The second-order valence-electron chi connectivity index (χ2n) is 4.79. The van der Waals surface area contributed by atoms with Crippen LogP contribution >= 0.6 is 11.6 Å². The Morgan fingerprint density at radius 2 is 2.04 bits per heavy atom. The van der Waals surface area contributed by atoms with Crippen molar-refractivity contribution < 1.29 is 14.6 Å². The Bertz CT molecular complexity index is 872. The zero-order chi connectivity index (χ0) is 16.9. The van der Waals surface area contributed by atoms with E-state index in [-0.39, 0.29) is 11.3 Å². The SMILES string of the molecule is O=C(Nc1cccc(Oc2cnccn2)c1)c1cc(Cl)ccc1O. The van der Waals surface area contributed by atoms with Gasteiger partial charge in [0.2, 0.25) is 5.88 Å². The molecule has 7 heteroatoms. The number of nitrogens with one attached hydrogen (secondary N) is 1. The Morgan fingerprint density at radius 3 is 2.83 bits per heavy atom. The van der Waals surface area contributed by atoms with Crippen LogP contribution in [-0.4, -0.2) is 21.0 Å². The minimum absolute atomic E-state index is 0.0859. The van der Waals surface area contributed by atoms with Crippen LogP contribution in [0.1, 0.15) is 10.4 Å². The van der Waals surface area contributed by atoms with Gasteiger partial charge in [-0.2, -0.15) is 0 Å². The molecule has 0 spiro atoms. The standard InChI is InChI=1S/C17H12ClN3O3/c18-11-4-5-15(22)14(8-11)17(23)21-12-2-1-3-13(9-12)24-16-10-19-6-7-20-16/h1-10,22H,(H,21,23). The lowest BCUT2D eigenvalue weighted by Gasteiger charge is -2.09. The highest BCUT2D eigenvalue weighted by molar-refractivity contribution is 6.31. The number of aromatic hydroxyl groups is 1. The summed E-state index contributed by atoms with van der Waals surface area (Å²) < 4.78 is 5.55. The molecule has 0 bridgehead atoms. The van der Waals surface area contributed by atoms with E-state index in [1.54, 1.807) is 30.5 Å². The van der Waals surface area contributed by atoms with Gasteiger partial charge in [0.1, 0.15) is 11.5 Å². The molecule has 6 nitrogen and oxygen atoms in total. The predicted molar refractivity (Wildman–Crippen MR) is 89.6 cm³/mol. The highest BCUT2D eigenvalue weighted by Gasteiger charge is 2.12. The summed E-state index contributed by atoms with van der Waals surface area (Å²) in [7, 11) is 0. The van der Waals surface area contributed by atoms with Gasteiger partial charge in [-0.3, -0.25) is 9.78 Å². The Labute approximate surface area is 142 Å². The number of carbonyl (C=O) groups is 1. The molecule has 0 radical (unpaired) electrons. The van der Waals surface area contributed by atoms with Crippen molar-refractivity contribution in [3.05, 3.63) is 71.6 Å². The van der Waals surface area contributed by atoms with E-state index in [1.807, 2.05) is 0 Å². The van der Waals surface area contributed by atoms with Gasteiger partial charge in [0.05, 0.1) is 11.8 Å². The number of benzene rings is 2. The summed E-state index contributed by atoms with van der Waals surface area (Å²) in [4.78, 5) is 20.2. The van der Waals surface area contributed by atoms with Crippen molar-refractivity contribution in [2.75, 3.05) is 5.32 Å². The number of nitrogens with zero attached hydrogens (tertiary/aromatic N) is 2. The third-order valence-electron chi connectivity index (χ3n) is 3.06. The predicted octanol–water partition coefficient (Wildman–Crippen LogP) is 3.88. The van der Waals surface area contributed by atoms with Crippen molar-refractivity contribution in [3.63, 3.8) is 0 Å². The highest BCUT2D eigenvalue weighted by atomic mass is 35.5. The Balaban J connectivity index is 1.77. The summed E-state index contributed by atoms with van der Waals surface area (Å²) in [6.07, 6.45) is 4.54. The topological polar surface area (TPSA) is 84.3 Å². The van der Waals surface area contributed by atoms with Gasteiger partial charge in [-0.25, -0.2) is 4.98 Å². The van der Waals surface area contributed by atoms with Crippen molar-refractivity contribution in [2.24, 2.45) is 0 Å². The van der Waals surface area contributed by atoms with Crippen LogP contribution in [0.25, 0.3) is 0 Å². The Morgan fingerprint density at radius 1 is 1.17 bits per heavy atom. The van der Waals surface area contributed by atoms with E-state index >= 15 is 0 Å². The molecule has 0 unspecified atom stereocenters. The number of phenols is 1. The van der Waals surface area contributed by atoms with Crippen molar-refractivity contribution in [1.29, 1.82) is 0 Å². The van der Waals surface area contributed by atoms with Gasteiger partial charge in [0.25, 0.3) is 5.91 Å². The molecule has 0 aliphatic heterocycles. The minimum Gasteiger partial charge on any atom is -0.507 e. The molecule has 1 aromatic heterocycles. The molecule has 0 saturated carbocycles. The fourth-order valence-electron chi connectivity index (χ4n) is 1.98. The van der Waals surface area contributed by atoms with E-state index < -0.39 is 5.91 Å². The number of carbonyl (C=O) groups excluding carboxylic acids is 1. The number of rotatable bonds is 4. The molecular weight excluding hydrogens is 330 g/mol. The molecule has 1 amide bonds. The van der Waals surface area contributed by atoms with Crippen LogP contribution in [0, 0.1) is 0 Å². The molecule has 24 heavy (non-hydrogen) atoms. The average Bonchev–Trinajstić information content (AvgIpc) is 2.58. The van der Waals surface area contributed by atoms with Crippen molar-refractivity contribution in [1.82, 2.24) is 9.97 Å². The summed E-state index contributed by atoms with van der Waals surface area (Å²) in [6, 6.07) is 11.0. The van der Waals surface area contributed by atoms with E-state index in [0.29, 0.717) is 22.3 Å². The highest BCUT2D eigenvalue weighted by Crippen LogP contribution is 2.25. The molecule has 1 heterocycles. The number of ether oxygens (including phenoxy) is 1. The van der Waals surface area contributed by atoms with Crippen LogP contribution < -0.4 is 10.1 Å². The first-order chi connectivity index (χ1) is 11.6. The molecule has 0 aliphatic carbocycles. The quantitative estimate of drug-likeness (QED) is 0.752. The van der Waals surface area contributed by atoms with Crippen LogP contribution in [0.5, 0.6) is 17.4 Å². The first-order valence-electron chi connectivity index (χ1n) is 6.95. The van der Waals surface area contributed by atoms with E-state index in [0.717, 1.165) is 0 Å². The molecule has 3 aromatic rings. The smallest absolute Gasteiger partial charge is 0.259 e. The number of phenolic OH excluding ortho intramolecular Hbond substituents is 1. The van der Waals surface area contributed by atoms with Crippen molar-refractivity contribution in [3.8, 4) is 17.4 Å². The van der Waals surface area contributed by atoms with Gasteiger partial charge in [0.15, 0.2) is 0 Å². The molecule has 0 saturated heterocycles. The molecule has 0 atom stereocenters. The fraction of sp³-hybridized carbons (Fsp3) is 0. The third kappa shape index (κ3) is 3.80. The molecule has 2 aromatic carbocycles. The maximum absolute atomic E-state index is 12.3. The number of aromatic nitrogens is 2. The van der Waals surface area contributed by atoms with Gasteiger partial charge in [-0.1, -0.05) is 17.7 Å². The molecule has 120 valence electrons. The molecule has 2 N–H and O–H groups in total. The number of halogens is 1. The normalized spacial score (nSPS) is 10.2. The maximum atomic E-state index is 12.3. The lowest BCUT2D eigenvalue weighted by atomic mass is 10.2. The van der Waals surface area contributed by atoms with Crippen LogP contribution in [0.2, 0.25) is 5.02 Å². The zero-order valence-corrected chi connectivity index (χ0v) is 13.1. The summed E-state index contributed by atoms with van der Waals surface area (Å²) in [5.74, 6) is 0.201. The number of hydrogen-bond acceptors (Lipinski definition) is 5. The van der Waals surface area contributed by atoms with Crippen molar-refractivity contribution in [2.45, 2.75) is 0 Å². The summed E-state index contributed by atoms with van der Waals surface area (Å²) in [5, 5.41) is 12.8.